The van der Waals surface area contributed by atoms with Crippen molar-refractivity contribution in [1.29, 1.82) is 0 Å². The Bertz CT molecular complexity index is 1190. The topological polar surface area (TPSA) is 157 Å². The molecule has 45 heavy (non-hydrogen) atoms. The highest BCUT2D eigenvalue weighted by Crippen LogP contribution is 2.77. The lowest BCUT2D eigenvalue weighted by Gasteiger charge is -2.73. The van der Waals surface area contributed by atoms with Gasteiger partial charge in [-0.15, -0.1) is 0 Å². The maximum atomic E-state index is 14.4. The lowest BCUT2D eigenvalue weighted by atomic mass is 9.31. The van der Waals surface area contributed by atoms with E-state index >= 15 is 0 Å². The van der Waals surface area contributed by atoms with Crippen LogP contribution in [0.25, 0.3) is 0 Å². The van der Waals surface area contributed by atoms with Gasteiger partial charge in [0.1, 0.15) is 24.4 Å². The van der Waals surface area contributed by atoms with Gasteiger partial charge in [0.2, 0.25) is 6.29 Å². The molecular formula is C36H58O9. The Balaban J connectivity index is 1.35. The van der Waals surface area contributed by atoms with Crippen LogP contribution in [0.1, 0.15) is 99.3 Å². The third-order valence-electron chi connectivity index (χ3n) is 15.6. The number of allylic oxidation sites excluding steroid dienone is 1. The van der Waals surface area contributed by atoms with E-state index in [2.05, 4.69) is 41.2 Å². The highest BCUT2D eigenvalue weighted by molar-refractivity contribution is 5.78. The minimum atomic E-state index is -1.65. The second-order valence-electron chi connectivity index (χ2n) is 17.4. The van der Waals surface area contributed by atoms with E-state index in [1.54, 1.807) is 0 Å². The molecule has 1 heterocycles. The first kappa shape index (κ1) is 33.8. The van der Waals surface area contributed by atoms with Gasteiger partial charge >= 0.3 is 5.97 Å². The van der Waals surface area contributed by atoms with Gasteiger partial charge in [0, 0.05) is 5.41 Å². The molecule has 0 aromatic carbocycles. The Morgan fingerprint density at radius 2 is 1.53 bits per heavy atom. The zero-order chi connectivity index (χ0) is 33.1. The number of carbonyl (C=O) groups is 1. The fourth-order valence-electron chi connectivity index (χ4n) is 12.8. The molecule has 5 saturated carbocycles. The van der Waals surface area contributed by atoms with E-state index in [1.807, 2.05) is 6.92 Å². The molecule has 0 amide bonds. The van der Waals surface area contributed by atoms with Crippen LogP contribution in [0.3, 0.4) is 0 Å². The molecule has 0 aromatic heterocycles. The van der Waals surface area contributed by atoms with Crippen LogP contribution in [-0.2, 0) is 14.3 Å². The number of ether oxygens (including phenoxy) is 2. The number of aliphatic hydroxyl groups is 6. The minimum absolute atomic E-state index is 0.00923. The zero-order valence-corrected chi connectivity index (χ0v) is 28.1. The molecule has 1 aliphatic heterocycles. The van der Waals surface area contributed by atoms with Crippen molar-refractivity contribution >= 4 is 5.97 Å². The van der Waals surface area contributed by atoms with E-state index in [-0.39, 0.29) is 57.4 Å². The third kappa shape index (κ3) is 4.39. The summed E-state index contributed by atoms with van der Waals surface area (Å²) < 4.78 is 11.5. The molecular weight excluding hydrogens is 576 g/mol. The van der Waals surface area contributed by atoms with Gasteiger partial charge in [-0.1, -0.05) is 46.8 Å². The van der Waals surface area contributed by atoms with Crippen LogP contribution in [0.5, 0.6) is 0 Å². The second kappa shape index (κ2) is 11.0. The van der Waals surface area contributed by atoms with E-state index in [0.717, 1.165) is 44.1 Å². The van der Waals surface area contributed by atoms with E-state index in [1.165, 1.54) is 0 Å². The van der Waals surface area contributed by atoms with E-state index in [4.69, 9.17) is 9.47 Å². The number of aliphatic hydroxyl groups excluding tert-OH is 6. The van der Waals surface area contributed by atoms with Crippen molar-refractivity contribution in [3.63, 3.8) is 0 Å². The summed E-state index contributed by atoms with van der Waals surface area (Å²) in [5.74, 6) is 0.208. The van der Waals surface area contributed by atoms with Gasteiger partial charge in [-0.25, -0.2) is 0 Å². The lowest BCUT2D eigenvalue weighted by Crippen LogP contribution is -2.71. The van der Waals surface area contributed by atoms with Crippen molar-refractivity contribution < 1.29 is 44.9 Å². The Kier molecular flexibility index (Phi) is 8.25. The summed E-state index contributed by atoms with van der Waals surface area (Å²) in [4.78, 5) is 14.4. The van der Waals surface area contributed by atoms with Crippen molar-refractivity contribution in [2.75, 3.05) is 6.61 Å². The first-order chi connectivity index (χ1) is 20.9. The zero-order valence-electron chi connectivity index (χ0n) is 28.1. The number of esters is 1. The van der Waals surface area contributed by atoms with Crippen LogP contribution < -0.4 is 0 Å². The molecule has 6 N–H and O–H groups in total. The molecule has 9 nitrogen and oxygen atoms in total. The first-order valence-corrected chi connectivity index (χ1v) is 17.4. The molecule has 0 spiro atoms. The summed E-state index contributed by atoms with van der Waals surface area (Å²) in [7, 11) is 0. The van der Waals surface area contributed by atoms with Crippen LogP contribution in [0.4, 0.5) is 0 Å². The third-order valence-corrected chi connectivity index (χ3v) is 15.6. The average molecular weight is 635 g/mol. The molecule has 16 atom stereocenters. The largest absolute Gasteiger partial charge is 0.432 e. The van der Waals surface area contributed by atoms with Crippen molar-refractivity contribution in [2.24, 2.45) is 56.7 Å². The predicted octanol–water partition coefficient (Wildman–Crippen LogP) is 3.32. The maximum absolute atomic E-state index is 14.4. The fourth-order valence-corrected chi connectivity index (χ4v) is 12.8. The van der Waals surface area contributed by atoms with Crippen molar-refractivity contribution in [1.82, 2.24) is 0 Å². The molecule has 16 unspecified atom stereocenters. The molecule has 6 rings (SSSR count). The fraction of sp³-hybridized carbons (Fsp3) is 0.917. The highest BCUT2D eigenvalue weighted by Gasteiger charge is 2.74. The normalized spacial score (nSPS) is 55.5. The number of carbonyl (C=O) groups excluding carboxylic acids is 1. The van der Waals surface area contributed by atoms with Crippen LogP contribution in [0.15, 0.2) is 12.2 Å². The maximum Gasteiger partial charge on any atom is 0.314 e. The second-order valence-corrected chi connectivity index (χ2v) is 17.4. The standard InChI is InChI=1S/C36H58O9/c1-18(2)19-10-13-36(31(43)45-30-29(42)28(41)27(40)21(17-37)44-30)15-14-34(6)20(26(19)36)8-9-22-33(5)12-11-24(38)32(3,4)23(33)16-25(39)35(22,34)7/h19-30,37-42H,1,8-17H2,2-7H3. The molecule has 6 aliphatic rings. The number of fused-ring (bicyclic) bond motifs is 7. The molecule has 9 heteroatoms. The Morgan fingerprint density at radius 1 is 0.844 bits per heavy atom. The number of rotatable bonds is 4. The van der Waals surface area contributed by atoms with E-state index < -0.39 is 54.8 Å². The summed E-state index contributed by atoms with van der Waals surface area (Å²) in [5.41, 5.74) is -0.713. The summed E-state index contributed by atoms with van der Waals surface area (Å²) in [6, 6.07) is 0. The highest BCUT2D eigenvalue weighted by atomic mass is 16.7. The summed E-state index contributed by atoms with van der Waals surface area (Å²) in [5, 5.41) is 64.3. The van der Waals surface area contributed by atoms with Crippen LogP contribution >= 0.6 is 0 Å². The molecule has 6 fully saturated rings. The number of hydrogen-bond donors (Lipinski definition) is 6. The van der Waals surface area contributed by atoms with E-state index in [0.29, 0.717) is 19.3 Å². The minimum Gasteiger partial charge on any atom is -0.432 e. The summed E-state index contributed by atoms with van der Waals surface area (Å²) in [6.45, 7) is 17.3. The predicted molar refractivity (Wildman–Crippen MR) is 166 cm³/mol. The van der Waals surface area contributed by atoms with E-state index in [9.17, 15) is 35.4 Å². The Labute approximate surface area is 268 Å². The Hall–Kier alpha value is -1.07. The van der Waals surface area contributed by atoms with Gasteiger partial charge < -0.3 is 40.1 Å². The first-order valence-electron chi connectivity index (χ1n) is 17.4. The van der Waals surface area contributed by atoms with Crippen molar-refractivity contribution in [3.05, 3.63) is 12.2 Å². The van der Waals surface area contributed by atoms with Crippen molar-refractivity contribution in [3.8, 4) is 0 Å². The monoisotopic (exact) mass is 634 g/mol. The molecule has 0 aromatic rings. The SMILES string of the molecule is C=C(C)C1CCC2(C(=O)OC3OC(CO)C(O)C(O)C3O)CCC3(C)C(CCC4C5(C)CCC(O)C(C)(C)C5CC(O)C43C)C12. The van der Waals surface area contributed by atoms with Gasteiger partial charge in [0.15, 0.2) is 0 Å². The number of hydrogen-bond acceptors (Lipinski definition) is 9. The molecule has 0 bridgehead atoms. The van der Waals surface area contributed by atoms with Gasteiger partial charge in [0.25, 0.3) is 0 Å². The molecule has 256 valence electrons. The van der Waals surface area contributed by atoms with Crippen LogP contribution in [0, 0.1) is 56.7 Å². The summed E-state index contributed by atoms with van der Waals surface area (Å²) in [6.07, 6.45) is -1.37. The van der Waals surface area contributed by atoms with Gasteiger partial charge in [-0.05, 0) is 111 Å². The molecule has 5 aliphatic carbocycles. The average Bonchev–Trinajstić information content (AvgIpc) is 3.39. The van der Waals surface area contributed by atoms with Crippen LogP contribution in [-0.4, -0.2) is 86.1 Å². The van der Waals surface area contributed by atoms with Crippen LogP contribution in [0.2, 0.25) is 0 Å². The molecule has 0 radical (unpaired) electrons. The van der Waals surface area contributed by atoms with Gasteiger partial charge in [-0.3, -0.25) is 4.79 Å². The van der Waals surface area contributed by atoms with Gasteiger partial charge in [0.05, 0.1) is 24.2 Å². The van der Waals surface area contributed by atoms with Crippen molar-refractivity contribution in [2.45, 2.75) is 142 Å². The Morgan fingerprint density at radius 3 is 2.18 bits per heavy atom. The summed E-state index contributed by atoms with van der Waals surface area (Å²) >= 11 is 0. The molecule has 1 saturated heterocycles. The quantitative estimate of drug-likeness (QED) is 0.202. The van der Waals surface area contributed by atoms with Gasteiger partial charge in [-0.2, -0.15) is 0 Å². The lowest BCUT2D eigenvalue weighted by molar-refractivity contribution is -0.302. The smallest absolute Gasteiger partial charge is 0.314 e.